The van der Waals surface area contributed by atoms with Crippen LogP contribution in [-0.2, 0) is 0 Å². The van der Waals surface area contributed by atoms with Crippen molar-refractivity contribution < 1.29 is 0 Å². The maximum absolute atomic E-state index is 3.72. The van der Waals surface area contributed by atoms with E-state index in [1.54, 1.807) is 6.08 Å². The lowest BCUT2D eigenvalue weighted by molar-refractivity contribution is 1.09. The van der Waals surface area contributed by atoms with Gasteiger partial charge < -0.3 is 4.98 Å². The van der Waals surface area contributed by atoms with Crippen LogP contribution in [0.4, 0.5) is 0 Å². The molecule has 0 aliphatic carbocycles. The van der Waals surface area contributed by atoms with Crippen LogP contribution in [0.25, 0.3) is 12.2 Å². The number of aromatic amines is 1. The smallest absolute Gasteiger partial charge is 0.0450 e. The molecule has 96 valence electrons. The maximum Gasteiger partial charge on any atom is 0.0450 e. The summed E-state index contributed by atoms with van der Waals surface area (Å²) in [5.74, 6) is 0. The molecule has 0 aliphatic rings. The Morgan fingerprint density at radius 3 is 2.18 bits per heavy atom. The van der Waals surface area contributed by atoms with Crippen LogP contribution >= 0.6 is 0 Å². The Bertz CT molecular complexity index is 329. The predicted molar refractivity (Wildman–Crippen MR) is 82.2 cm³/mol. The van der Waals surface area contributed by atoms with Crippen molar-refractivity contribution in [3.63, 3.8) is 0 Å². The fourth-order valence-corrected chi connectivity index (χ4v) is 1.11. The van der Waals surface area contributed by atoms with Crippen molar-refractivity contribution in [1.82, 2.24) is 4.98 Å². The van der Waals surface area contributed by atoms with E-state index in [2.05, 4.69) is 38.9 Å². The zero-order chi connectivity index (χ0) is 13.7. The van der Waals surface area contributed by atoms with E-state index in [0.29, 0.717) is 0 Å². The van der Waals surface area contributed by atoms with Crippen LogP contribution in [0, 0.1) is 6.92 Å². The van der Waals surface area contributed by atoms with Gasteiger partial charge in [0.05, 0.1) is 0 Å². The average molecular weight is 233 g/mol. The predicted octanol–water partition coefficient (Wildman–Crippen LogP) is 5.61. The molecule has 17 heavy (non-hydrogen) atoms. The second-order valence-corrected chi connectivity index (χ2v) is 3.31. The molecule has 1 nitrogen and oxygen atoms in total. The van der Waals surface area contributed by atoms with Gasteiger partial charge in [0.25, 0.3) is 0 Å². The molecule has 1 heterocycles. The Morgan fingerprint density at radius 2 is 1.76 bits per heavy atom. The average Bonchev–Trinajstić information content (AvgIpc) is 2.71. The van der Waals surface area contributed by atoms with E-state index in [9.17, 15) is 0 Å². The van der Waals surface area contributed by atoms with Crippen LogP contribution < -0.4 is 0 Å². The normalized spacial score (nSPS) is 8.76. The summed E-state index contributed by atoms with van der Waals surface area (Å²) in [5, 5.41) is 0. The largest absolute Gasteiger partial charge is 0.361 e. The standard InChI is InChI=1S/C11H13N.C3H8.C2H6/c1-4-6-7-10-9(3)8-12-11(10)5-2;1-3-2;1-2/h4-8,12H,1-2H2,3H3;3H2,1-2H3;1-2H3/b7-6-;;. The SMILES string of the molecule is C=C/C=C\c1c(C)c[nH]c1C=C.CC.CCC. The summed E-state index contributed by atoms with van der Waals surface area (Å²) < 4.78 is 0. The molecular formula is C16H27N. The molecule has 0 spiro atoms. The monoisotopic (exact) mass is 233 g/mol. The summed E-state index contributed by atoms with van der Waals surface area (Å²) in [6.07, 6.45) is 10.7. The van der Waals surface area contributed by atoms with Crippen LogP contribution in [0.2, 0.25) is 0 Å². The molecule has 0 atom stereocenters. The topological polar surface area (TPSA) is 15.8 Å². The molecular weight excluding hydrogens is 206 g/mol. The summed E-state index contributed by atoms with van der Waals surface area (Å²) in [4.78, 5) is 3.13. The quantitative estimate of drug-likeness (QED) is 0.653. The van der Waals surface area contributed by atoms with Crippen molar-refractivity contribution in [3.05, 3.63) is 48.3 Å². The molecule has 1 aromatic rings. The van der Waals surface area contributed by atoms with Crippen molar-refractivity contribution in [3.8, 4) is 0 Å². The molecule has 0 radical (unpaired) electrons. The van der Waals surface area contributed by atoms with Crippen molar-refractivity contribution in [2.24, 2.45) is 0 Å². The number of aryl methyl sites for hydroxylation is 1. The molecule has 0 amide bonds. The minimum Gasteiger partial charge on any atom is -0.361 e. The van der Waals surface area contributed by atoms with Gasteiger partial charge in [0.2, 0.25) is 0 Å². The van der Waals surface area contributed by atoms with Crippen LogP contribution in [0.15, 0.2) is 31.5 Å². The van der Waals surface area contributed by atoms with Crippen LogP contribution in [0.5, 0.6) is 0 Å². The minimum atomic E-state index is 1.06. The van der Waals surface area contributed by atoms with Gasteiger partial charge in [0.1, 0.15) is 0 Å². The molecule has 0 saturated heterocycles. The number of allylic oxidation sites excluding steroid dienone is 2. The Labute approximate surface area is 107 Å². The van der Waals surface area contributed by atoms with Gasteiger partial charge in [-0.1, -0.05) is 65.5 Å². The van der Waals surface area contributed by atoms with Crippen molar-refractivity contribution >= 4 is 12.2 Å². The first-order chi connectivity index (χ1) is 8.21. The molecule has 0 bridgehead atoms. The number of rotatable bonds is 3. The third kappa shape index (κ3) is 7.40. The first-order valence-electron chi connectivity index (χ1n) is 6.30. The fraction of sp³-hybridized carbons (Fsp3) is 0.375. The van der Waals surface area contributed by atoms with Gasteiger partial charge in [-0.15, -0.1) is 0 Å². The molecule has 0 fully saturated rings. The van der Waals surface area contributed by atoms with Gasteiger partial charge in [-0.2, -0.15) is 0 Å². The van der Waals surface area contributed by atoms with Gasteiger partial charge in [0.15, 0.2) is 0 Å². The number of H-pyrrole nitrogens is 1. The molecule has 1 N–H and O–H groups in total. The number of nitrogens with one attached hydrogen (secondary N) is 1. The zero-order valence-electron chi connectivity index (χ0n) is 12.0. The van der Waals surface area contributed by atoms with E-state index in [-0.39, 0.29) is 0 Å². The van der Waals surface area contributed by atoms with Crippen molar-refractivity contribution in [2.75, 3.05) is 0 Å². The summed E-state index contributed by atoms with van der Waals surface area (Å²) in [7, 11) is 0. The highest BCUT2D eigenvalue weighted by Gasteiger charge is 1.99. The lowest BCUT2D eigenvalue weighted by Gasteiger charge is -1.92. The second kappa shape index (κ2) is 12.6. The summed E-state index contributed by atoms with van der Waals surface area (Å²) in [6.45, 7) is 17.7. The highest BCUT2D eigenvalue weighted by Crippen LogP contribution is 2.15. The molecule has 0 unspecified atom stereocenters. The van der Waals surface area contributed by atoms with Gasteiger partial charge in [-0.25, -0.2) is 0 Å². The number of hydrogen-bond donors (Lipinski definition) is 1. The Balaban J connectivity index is 0. The van der Waals surface area contributed by atoms with Crippen LogP contribution in [0.3, 0.4) is 0 Å². The fourth-order valence-electron chi connectivity index (χ4n) is 1.11. The molecule has 1 rings (SSSR count). The Morgan fingerprint density at radius 1 is 1.24 bits per heavy atom. The first-order valence-corrected chi connectivity index (χ1v) is 6.30. The summed E-state index contributed by atoms with van der Waals surface area (Å²) in [6, 6.07) is 0. The van der Waals surface area contributed by atoms with Gasteiger partial charge >= 0.3 is 0 Å². The van der Waals surface area contributed by atoms with E-state index in [0.717, 1.165) is 5.69 Å². The van der Waals surface area contributed by atoms with E-state index in [1.807, 2.05) is 38.3 Å². The van der Waals surface area contributed by atoms with Gasteiger partial charge in [-0.05, 0) is 18.6 Å². The van der Waals surface area contributed by atoms with Gasteiger partial charge in [0, 0.05) is 17.5 Å². The lowest BCUT2D eigenvalue weighted by Crippen LogP contribution is -1.75. The van der Waals surface area contributed by atoms with E-state index >= 15 is 0 Å². The van der Waals surface area contributed by atoms with Gasteiger partial charge in [-0.3, -0.25) is 0 Å². The summed E-state index contributed by atoms with van der Waals surface area (Å²) >= 11 is 0. The van der Waals surface area contributed by atoms with E-state index < -0.39 is 0 Å². The second-order valence-electron chi connectivity index (χ2n) is 3.31. The zero-order valence-corrected chi connectivity index (χ0v) is 12.0. The third-order valence-corrected chi connectivity index (χ3v) is 1.76. The highest BCUT2D eigenvalue weighted by atomic mass is 14.7. The summed E-state index contributed by atoms with van der Waals surface area (Å²) in [5.41, 5.74) is 3.47. The molecule has 1 heteroatoms. The Hall–Kier alpha value is -1.50. The van der Waals surface area contributed by atoms with E-state index in [4.69, 9.17) is 0 Å². The van der Waals surface area contributed by atoms with Crippen molar-refractivity contribution in [1.29, 1.82) is 0 Å². The Kier molecular flexibility index (Phi) is 13.2. The first kappa shape index (κ1) is 17.9. The third-order valence-electron chi connectivity index (χ3n) is 1.76. The molecule has 0 saturated carbocycles. The highest BCUT2D eigenvalue weighted by molar-refractivity contribution is 5.65. The van der Waals surface area contributed by atoms with E-state index in [1.165, 1.54) is 17.5 Å². The molecule has 0 aromatic carbocycles. The minimum absolute atomic E-state index is 1.06. The van der Waals surface area contributed by atoms with Crippen molar-refractivity contribution in [2.45, 2.75) is 41.0 Å². The number of hydrogen-bond acceptors (Lipinski definition) is 0. The molecule has 0 aliphatic heterocycles. The lowest BCUT2D eigenvalue weighted by atomic mass is 10.1. The number of aromatic nitrogens is 1. The maximum atomic E-state index is 3.72. The van der Waals surface area contributed by atoms with Crippen LogP contribution in [-0.4, -0.2) is 4.98 Å². The van der Waals surface area contributed by atoms with Crippen LogP contribution in [0.1, 0.15) is 50.9 Å². The molecule has 1 aromatic heterocycles.